The summed E-state index contributed by atoms with van der Waals surface area (Å²) >= 11 is 6.71. The van der Waals surface area contributed by atoms with Crippen molar-refractivity contribution < 1.29 is 13.9 Å². The third-order valence-electron chi connectivity index (χ3n) is 4.20. The summed E-state index contributed by atoms with van der Waals surface area (Å²) in [5.41, 5.74) is 0.608. The summed E-state index contributed by atoms with van der Waals surface area (Å²) in [4.78, 5) is 18.0. The summed E-state index contributed by atoms with van der Waals surface area (Å²) in [7, 11) is 0. The Morgan fingerprint density at radius 2 is 2.08 bits per heavy atom. The van der Waals surface area contributed by atoms with E-state index in [0.717, 1.165) is 23.1 Å². The van der Waals surface area contributed by atoms with Crippen LogP contribution in [0.5, 0.6) is 5.75 Å². The molecular weight excluding hydrogens is 455 g/mol. The highest BCUT2D eigenvalue weighted by Gasteiger charge is 2.29. The van der Waals surface area contributed by atoms with E-state index in [0.29, 0.717) is 23.2 Å². The lowest BCUT2D eigenvalue weighted by Crippen LogP contribution is -2.40. The van der Waals surface area contributed by atoms with E-state index in [2.05, 4.69) is 36.8 Å². The van der Waals surface area contributed by atoms with Gasteiger partial charge in [0.05, 0.1) is 12.5 Å². The van der Waals surface area contributed by atoms with Crippen LogP contribution < -0.4 is 4.74 Å². The summed E-state index contributed by atoms with van der Waals surface area (Å²) < 4.78 is 20.8. The molecule has 0 N–H and O–H groups in total. The number of amides is 1. The predicted octanol–water partition coefficient (Wildman–Crippen LogP) is 4.36. The van der Waals surface area contributed by atoms with Gasteiger partial charge in [-0.1, -0.05) is 15.9 Å². The van der Waals surface area contributed by atoms with E-state index < -0.39 is 5.95 Å². The fourth-order valence-corrected chi connectivity index (χ4v) is 3.53. The van der Waals surface area contributed by atoms with Gasteiger partial charge in [0.15, 0.2) is 0 Å². The molecule has 1 atom stereocenters. The molecule has 132 valence electrons. The van der Waals surface area contributed by atoms with Gasteiger partial charge < -0.3 is 9.64 Å². The molecule has 1 amide bonds. The first-order chi connectivity index (χ1) is 12.0. The summed E-state index contributed by atoms with van der Waals surface area (Å²) in [5.74, 6) is 0.178. The lowest BCUT2D eigenvalue weighted by molar-refractivity contribution is -0.131. The molecule has 25 heavy (non-hydrogen) atoms. The van der Waals surface area contributed by atoms with Crippen molar-refractivity contribution >= 4 is 37.8 Å². The molecule has 0 radical (unpaired) electrons. The van der Waals surface area contributed by atoms with Crippen LogP contribution in [0.25, 0.3) is 0 Å². The number of aromatic nitrogens is 1. The third kappa shape index (κ3) is 4.79. The molecule has 0 bridgehead atoms. The lowest BCUT2D eigenvalue weighted by atomic mass is 10.1. The second kappa shape index (κ2) is 8.27. The first-order valence-electron chi connectivity index (χ1n) is 8.00. The van der Waals surface area contributed by atoms with Gasteiger partial charge in [0.2, 0.25) is 11.9 Å². The maximum atomic E-state index is 13.3. The molecule has 1 aliphatic heterocycles. The second-order valence-electron chi connectivity index (χ2n) is 5.92. The molecular formula is C18H17Br2FN2O2. The Balaban J connectivity index is 1.61. The molecule has 1 aromatic heterocycles. The minimum Gasteiger partial charge on any atom is -0.491 e. The molecule has 0 aliphatic carbocycles. The van der Waals surface area contributed by atoms with Crippen LogP contribution >= 0.6 is 31.9 Å². The van der Waals surface area contributed by atoms with Gasteiger partial charge in [0.25, 0.3) is 0 Å². The molecule has 2 aromatic rings. The topological polar surface area (TPSA) is 42.4 Å². The van der Waals surface area contributed by atoms with Crippen LogP contribution in [0.4, 0.5) is 4.39 Å². The van der Waals surface area contributed by atoms with Crippen molar-refractivity contribution in [2.45, 2.75) is 25.3 Å². The Kier molecular flexibility index (Phi) is 6.06. The predicted molar refractivity (Wildman–Crippen MR) is 100.0 cm³/mol. The second-order valence-corrected chi connectivity index (χ2v) is 7.69. The Labute approximate surface area is 162 Å². The van der Waals surface area contributed by atoms with Gasteiger partial charge in [-0.05, 0) is 64.7 Å². The van der Waals surface area contributed by atoms with Gasteiger partial charge in [-0.2, -0.15) is 4.39 Å². The average molecular weight is 472 g/mol. The van der Waals surface area contributed by atoms with Crippen LogP contribution in [0.2, 0.25) is 0 Å². The SMILES string of the molecule is O=C(Cc1cc(F)ncc1Br)N1CCC[C@H]1COc1ccc(Br)cc1. The van der Waals surface area contributed by atoms with E-state index in [-0.39, 0.29) is 18.4 Å². The molecule has 2 heterocycles. The number of pyridine rings is 1. The third-order valence-corrected chi connectivity index (χ3v) is 5.44. The minimum atomic E-state index is -0.581. The molecule has 0 spiro atoms. The van der Waals surface area contributed by atoms with E-state index in [1.54, 1.807) is 0 Å². The molecule has 1 fully saturated rings. The Morgan fingerprint density at radius 3 is 2.84 bits per heavy atom. The quantitative estimate of drug-likeness (QED) is 0.608. The first kappa shape index (κ1) is 18.3. The largest absolute Gasteiger partial charge is 0.491 e. The summed E-state index contributed by atoms with van der Waals surface area (Å²) in [6, 6.07) is 8.96. The molecule has 1 saturated heterocycles. The van der Waals surface area contributed by atoms with Crippen molar-refractivity contribution in [3.63, 3.8) is 0 Å². The van der Waals surface area contributed by atoms with E-state index in [1.807, 2.05) is 29.2 Å². The van der Waals surface area contributed by atoms with Gasteiger partial charge in [-0.3, -0.25) is 4.79 Å². The van der Waals surface area contributed by atoms with E-state index in [1.165, 1.54) is 12.3 Å². The highest BCUT2D eigenvalue weighted by molar-refractivity contribution is 9.10. The van der Waals surface area contributed by atoms with Crippen molar-refractivity contribution in [1.82, 2.24) is 9.88 Å². The average Bonchev–Trinajstić information content (AvgIpc) is 3.06. The van der Waals surface area contributed by atoms with Crippen molar-refractivity contribution in [3.8, 4) is 5.75 Å². The molecule has 4 nitrogen and oxygen atoms in total. The monoisotopic (exact) mass is 470 g/mol. The zero-order valence-electron chi connectivity index (χ0n) is 13.4. The number of hydrogen-bond acceptors (Lipinski definition) is 3. The van der Waals surface area contributed by atoms with Crippen molar-refractivity contribution in [2.75, 3.05) is 13.2 Å². The minimum absolute atomic E-state index is 0.0202. The standard InChI is InChI=1S/C18H17Br2FN2O2/c19-13-3-5-15(6-4-13)25-11-14-2-1-7-23(14)18(24)9-12-8-17(21)22-10-16(12)20/h3-6,8,10,14H,1-2,7,9,11H2/t14-/m0/s1. The summed E-state index contributed by atoms with van der Waals surface area (Å²) in [5, 5.41) is 0. The molecule has 0 unspecified atom stereocenters. The zero-order valence-corrected chi connectivity index (χ0v) is 16.6. The number of carbonyl (C=O) groups excluding carboxylic acids is 1. The molecule has 0 saturated carbocycles. The number of ether oxygens (including phenoxy) is 1. The first-order valence-corrected chi connectivity index (χ1v) is 9.59. The van der Waals surface area contributed by atoms with Gasteiger partial charge in [-0.15, -0.1) is 0 Å². The Morgan fingerprint density at radius 1 is 1.32 bits per heavy atom. The fraction of sp³-hybridized carbons (Fsp3) is 0.333. The number of halogens is 3. The van der Waals surface area contributed by atoms with Crippen LogP contribution in [0, 0.1) is 5.95 Å². The number of likely N-dealkylation sites (tertiary alicyclic amines) is 1. The van der Waals surface area contributed by atoms with Crippen LogP contribution in [-0.2, 0) is 11.2 Å². The number of rotatable bonds is 5. The Hall–Kier alpha value is -1.47. The molecule has 1 aromatic carbocycles. The van der Waals surface area contributed by atoms with Gasteiger partial charge in [0, 0.05) is 21.7 Å². The molecule has 3 rings (SSSR count). The van der Waals surface area contributed by atoms with Crippen LogP contribution in [0.15, 0.2) is 45.5 Å². The van der Waals surface area contributed by atoms with Gasteiger partial charge in [0.1, 0.15) is 12.4 Å². The number of hydrogen-bond donors (Lipinski definition) is 0. The maximum absolute atomic E-state index is 13.3. The van der Waals surface area contributed by atoms with Crippen molar-refractivity contribution in [1.29, 1.82) is 0 Å². The number of carbonyl (C=O) groups is 1. The molecule has 7 heteroatoms. The fourth-order valence-electron chi connectivity index (χ4n) is 2.91. The zero-order chi connectivity index (χ0) is 17.8. The Bertz CT molecular complexity index is 755. The summed E-state index contributed by atoms with van der Waals surface area (Å²) in [6.45, 7) is 1.16. The van der Waals surface area contributed by atoms with Crippen LogP contribution in [-0.4, -0.2) is 35.0 Å². The van der Waals surface area contributed by atoms with Crippen molar-refractivity contribution in [2.24, 2.45) is 0 Å². The number of nitrogens with zero attached hydrogens (tertiary/aromatic N) is 2. The van der Waals surface area contributed by atoms with E-state index >= 15 is 0 Å². The normalized spacial score (nSPS) is 16.9. The smallest absolute Gasteiger partial charge is 0.227 e. The van der Waals surface area contributed by atoms with Gasteiger partial charge >= 0.3 is 0 Å². The highest BCUT2D eigenvalue weighted by atomic mass is 79.9. The van der Waals surface area contributed by atoms with E-state index in [9.17, 15) is 9.18 Å². The lowest BCUT2D eigenvalue weighted by Gasteiger charge is -2.25. The van der Waals surface area contributed by atoms with E-state index in [4.69, 9.17) is 4.74 Å². The summed E-state index contributed by atoms with van der Waals surface area (Å²) in [6.07, 6.45) is 3.39. The van der Waals surface area contributed by atoms with Crippen molar-refractivity contribution in [3.05, 3.63) is 57.0 Å². The maximum Gasteiger partial charge on any atom is 0.227 e. The number of benzene rings is 1. The highest BCUT2D eigenvalue weighted by Crippen LogP contribution is 2.23. The van der Waals surface area contributed by atoms with Gasteiger partial charge in [-0.25, -0.2) is 4.98 Å². The molecule has 1 aliphatic rings. The van der Waals surface area contributed by atoms with Crippen LogP contribution in [0.1, 0.15) is 18.4 Å². The van der Waals surface area contributed by atoms with Crippen LogP contribution in [0.3, 0.4) is 0 Å².